The number of carbonyl (C=O) groups is 1. The largest absolute Gasteiger partial charge is 0.484 e. The Morgan fingerprint density at radius 2 is 1.92 bits per heavy atom. The van der Waals surface area contributed by atoms with E-state index in [-0.39, 0.29) is 18.6 Å². The summed E-state index contributed by atoms with van der Waals surface area (Å²) in [6, 6.07) is 9.62. The molecule has 3 rings (SSSR count). The number of benzene rings is 1. The van der Waals surface area contributed by atoms with E-state index in [0.29, 0.717) is 30.5 Å². The van der Waals surface area contributed by atoms with Gasteiger partial charge in [-0.3, -0.25) is 4.79 Å². The fraction of sp³-hybridized carbons (Fsp3) is 0.389. The molecule has 0 radical (unpaired) electrons. The summed E-state index contributed by atoms with van der Waals surface area (Å²) in [6.45, 7) is 1.45. The molecule has 0 atom stereocenters. The Morgan fingerprint density at radius 3 is 2.64 bits per heavy atom. The van der Waals surface area contributed by atoms with Gasteiger partial charge in [0.2, 0.25) is 0 Å². The number of amides is 1. The second-order valence-electron chi connectivity index (χ2n) is 5.82. The van der Waals surface area contributed by atoms with Crippen molar-refractivity contribution < 1.29 is 14.3 Å². The van der Waals surface area contributed by atoms with Gasteiger partial charge in [-0.25, -0.2) is 9.97 Å². The lowest BCUT2D eigenvalue weighted by Gasteiger charge is -2.32. The van der Waals surface area contributed by atoms with Crippen molar-refractivity contribution in [1.29, 1.82) is 0 Å². The van der Waals surface area contributed by atoms with E-state index in [1.54, 1.807) is 19.5 Å². The number of likely N-dealkylation sites (tertiary alicyclic amines) is 1. The Balaban J connectivity index is 1.46. The Hall–Kier alpha value is -2.83. The highest BCUT2D eigenvalue weighted by molar-refractivity contribution is 5.77. The van der Waals surface area contributed by atoms with Crippen molar-refractivity contribution in [2.45, 2.75) is 18.9 Å². The lowest BCUT2D eigenvalue weighted by Crippen LogP contribution is -2.44. The number of ether oxygens (including phenoxy) is 2. The number of aromatic nitrogens is 2. The monoisotopic (exact) mass is 342 g/mol. The Bertz CT molecular complexity index is 688. The molecule has 1 aliphatic heterocycles. The van der Waals surface area contributed by atoms with Crippen molar-refractivity contribution in [1.82, 2.24) is 14.9 Å². The number of carbonyl (C=O) groups excluding carboxylic acids is 1. The number of hydrogen-bond donors (Lipinski definition) is 1. The van der Waals surface area contributed by atoms with Gasteiger partial charge in [-0.1, -0.05) is 18.2 Å². The Morgan fingerprint density at radius 1 is 1.20 bits per heavy atom. The summed E-state index contributed by atoms with van der Waals surface area (Å²) in [4.78, 5) is 22.5. The quantitative estimate of drug-likeness (QED) is 0.865. The number of nitrogens with zero attached hydrogens (tertiary/aromatic N) is 3. The molecule has 0 aliphatic carbocycles. The third-order valence-electron chi connectivity index (χ3n) is 4.15. The van der Waals surface area contributed by atoms with Gasteiger partial charge in [-0.15, -0.1) is 0 Å². The van der Waals surface area contributed by atoms with Crippen molar-refractivity contribution >= 4 is 11.7 Å². The molecule has 1 aromatic carbocycles. The molecule has 0 spiro atoms. The van der Waals surface area contributed by atoms with Gasteiger partial charge in [0.1, 0.15) is 5.75 Å². The molecule has 7 nitrogen and oxygen atoms in total. The van der Waals surface area contributed by atoms with Crippen molar-refractivity contribution in [3.05, 3.63) is 42.7 Å². The van der Waals surface area contributed by atoms with Crippen LogP contribution in [0, 0.1) is 0 Å². The number of anilines is 1. The first-order chi connectivity index (χ1) is 12.3. The van der Waals surface area contributed by atoms with Gasteiger partial charge in [0, 0.05) is 31.5 Å². The van der Waals surface area contributed by atoms with Gasteiger partial charge < -0.3 is 19.7 Å². The number of nitrogens with one attached hydrogen (secondary N) is 1. The summed E-state index contributed by atoms with van der Waals surface area (Å²) >= 11 is 0. The molecule has 7 heteroatoms. The zero-order valence-corrected chi connectivity index (χ0v) is 14.2. The van der Waals surface area contributed by atoms with Crippen LogP contribution in [-0.4, -0.2) is 53.6 Å². The van der Waals surface area contributed by atoms with Gasteiger partial charge in [0.05, 0.1) is 7.11 Å². The molecule has 1 amide bonds. The molecule has 0 unspecified atom stereocenters. The van der Waals surface area contributed by atoms with Crippen LogP contribution in [0.2, 0.25) is 0 Å². The fourth-order valence-corrected chi connectivity index (χ4v) is 2.79. The van der Waals surface area contributed by atoms with Crippen LogP contribution in [0.15, 0.2) is 42.7 Å². The van der Waals surface area contributed by atoms with Crippen LogP contribution in [0.1, 0.15) is 12.8 Å². The summed E-state index contributed by atoms with van der Waals surface area (Å²) in [6.07, 6.45) is 4.91. The van der Waals surface area contributed by atoms with Crippen LogP contribution >= 0.6 is 0 Å². The number of rotatable bonds is 6. The van der Waals surface area contributed by atoms with E-state index in [2.05, 4.69) is 15.3 Å². The molecule has 1 aromatic heterocycles. The predicted molar refractivity (Wildman–Crippen MR) is 93.7 cm³/mol. The molecule has 0 saturated carbocycles. The smallest absolute Gasteiger partial charge is 0.260 e. The molecule has 0 bridgehead atoms. The lowest BCUT2D eigenvalue weighted by atomic mass is 10.1. The molecule has 2 aromatic rings. The van der Waals surface area contributed by atoms with Crippen LogP contribution < -0.4 is 14.8 Å². The van der Waals surface area contributed by atoms with Crippen LogP contribution in [0.25, 0.3) is 0 Å². The minimum absolute atomic E-state index is 0.0133. The van der Waals surface area contributed by atoms with Crippen molar-refractivity contribution in [3.8, 4) is 11.6 Å². The minimum atomic E-state index is 0.0133. The van der Waals surface area contributed by atoms with Crippen molar-refractivity contribution in [2.75, 3.05) is 32.1 Å². The zero-order chi connectivity index (χ0) is 17.5. The van der Waals surface area contributed by atoms with E-state index >= 15 is 0 Å². The van der Waals surface area contributed by atoms with Gasteiger partial charge in [-0.05, 0) is 25.0 Å². The highest BCUT2D eigenvalue weighted by Gasteiger charge is 2.24. The highest BCUT2D eigenvalue weighted by atomic mass is 16.5. The highest BCUT2D eigenvalue weighted by Crippen LogP contribution is 2.21. The molecule has 1 aliphatic rings. The number of piperidine rings is 1. The zero-order valence-electron chi connectivity index (χ0n) is 14.2. The molecule has 25 heavy (non-hydrogen) atoms. The summed E-state index contributed by atoms with van der Waals surface area (Å²) < 4.78 is 10.7. The normalized spacial score (nSPS) is 14.8. The predicted octanol–water partition coefficient (Wildman–Crippen LogP) is 1.97. The summed E-state index contributed by atoms with van der Waals surface area (Å²) in [5.41, 5.74) is 0. The average molecular weight is 342 g/mol. The van der Waals surface area contributed by atoms with Crippen LogP contribution in [-0.2, 0) is 4.79 Å². The number of para-hydroxylation sites is 1. The van der Waals surface area contributed by atoms with Crippen LogP contribution in [0.3, 0.4) is 0 Å². The maximum Gasteiger partial charge on any atom is 0.260 e. The van der Waals surface area contributed by atoms with Crippen LogP contribution in [0.4, 0.5) is 5.82 Å². The number of hydrogen-bond acceptors (Lipinski definition) is 6. The summed E-state index contributed by atoms with van der Waals surface area (Å²) in [7, 11) is 1.57. The van der Waals surface area contributed by atoms with E-state index < -0.39 is 0 Å². The molecule has 132 valence electrons. The first-order valence-corrected chi connectivity index (χ1v) is 8.33. The van der Waals surface area contributed by atoms with Crippen LogP contribution in [0.5, 0.6) is 11.6 Å². The molecule has 1 saturated heterocycles. The second-order valence-corrected chi connectivity index (χ2v) is 5.82. The summed E-state index contributed by atoms with van der Waals surface area (Å²) in [5.74, 6) is 1.85. The molecule has 1 N–H and O–H groups in total. The molecule has 2 heterocycles. The third-order valence-corrected chi connectivity index (χ3v) is 4.15. The second kappa shape index (κ2) is 8.32. The minimum Gasteiger partial charge on any atom is -0.484 e. The Labute approximate surface area is 147 Å². The van der Waals surface area contributed by atoms with Gasteiger partial charge in [0.25, 0.3) is 11.8 Å². The lowest BCUT2D eigenvalue weighted by molar-refractivity contribution is -0.134. The van der Waals surface area contributed by atoms with Gasteiger partial charge in [0.15, 0.2) is 12.4 Å². The number of methoxy groups -OCH3 is 1. The van der Waals surface area contributed by atoms with E-state index in [0.717, 1.165) is 12.8 Å². The van der Waals surface area contributed by atoms with E-state index in [1.807, 2.05) is 35.2 Å². The third kappa shape index (κ3) is 4.59. The Kier molecular flexibility index (Phi) is 5.66. The molecular weight excluding hydrogens is 320 g/mol. The van der Waals surface area contributed by atoms with Gasteiger partial charge >= 0.3 is 0 Å². The maximum absolute atomic E-state index is 12.3. The first kappa shape index (κ1) is 17.0. The van der Waals surface area contributed by atoms with E-state index in [1.165, 1.54) is 0 Å². The van der Waals surface area contributed by atoms with Crippen molar-refractivity contribution in [2.24, 2.45) is 0 Å². The van der Waals surface area contributed by atoms with Gasteiger partial charge in [-0.2, -0.15) is 0 Å². The maximum atomic E-state index is 12.3. The van der Waals surface area contributed by atoms with E-state index in [4.69, 9.17) is 9.47 Å². The standard InChI is InChI=1S/C18H22N4O3/c1-24-18-17(19-9-10-20-18)21-14-7-11-22(12-8-14)16(23)13-25-15-5-3-2-4-6-15/h2-6,9-10,14H,7-8,11-13H2,1H3,(H,19,21). The fourth-order valence-electron chi connectivity index (χ4n) is 2.79. The molecule has 1 fully saturated rings. The molecular formula is C18H22N4O3. The topological polar surface area (TPSA) is 76.6 Å². The van der Waals surface area contributed by atoms with E-state index in [9.17, 15) is 4.79 Å². The average Bonchev–Trinajstić information content (AvgIpc) is 2.68. The SMILES string of the molecule is COc1nccnc1NC1CCN(C(=O)COc2ccccc2)CC1. The van der Waals surface area contributed by atoms with Crippen molar-refractivity contribution in [3.63, 3.8) is 0 Å². The first-order valence-electron chi connectivity index (χ1n) is 8.33. The summed E-state index contributed by atoms with van der Waals surface area (Å²) in [5, 5.41) is 3.35.